The van der Waals surface area contributed by atoms with Gasteiger partial charge in [0.25, 0.3) is 0 Å². The lowest BCUT2D eigenvalue weighted by molar-refractivity contribution is -0.179. The Morgan fingerprint density at radius 1 is 1.17 bits per heavy atom. The number of nitrogens with zero attached hydrogens (tertiary/aromatic N) is 1. The third-order valence-electron chi connectivity index (χ3n) is 8.88. The summed E-state index contributed by atoms with van der Waals surface area (Å²) in [7, 11) is 1.55. The molecule has 1 spiro atoms. The molecule has 1 unspecified atom stereocenters. The molecule has 2 N–H and O–H groups in total. The first-order valence-electron chi connectivity index (χ1n) is 14.6. The van der Waals surface area contributed by atoms with E-state index in [0.717, 1.165) is 43.5 Å². The summed E-state index contributed by atoms with van der Waals surface area (Å²) in [6, 6.07) is 4.00. The van der Waals surface area contributed by atoms with Gasteiger partial charge >= 0.3 is 11.9 Å². The first-order chi connectivity index (χ1) is 20.0. The van der Waals surface area contributed by atoms with E-state index in [4.69, 9.17) is 23.7 Å². The molecular weight excluding hydrogens is 542 g/mol. The number of fused-ring (bicyclic) bond motifs is 3. The highest BCUT2D eigenvalue weighted by Crippen LogP contribution is 2.55. The van der Waals surface area contributed by atoms with E-state index in [0.29, 0.717) is 23.7 Å². The molecule has 4 aliphatic rings. The van der Waals surface area contributed by atoms with Crippen LogP contribution in [0.1, 0.15) is 76.3 Å². The molecule has 0 aromatic heterocycles. The normalized spacial score (nSPS) is 25.5. The molecule has 5 rings (SSSR count). The molecule has 42 heavy (non-hydrogen) atoms. The number of hydrogen-bond acceptors (Lipinski definition) is 10. The zero-order valence-corrected chi connectivity index (χ0v) is 24.9. The Hall–Kier alpha value is -3.26. The van der Waals surface area contributed by atoms with Crippen molar-refractivity contribution in [2.75, 3.05) is 33.6 Å². The summed E-state index contributed by atoms with van der Waals surface area (Å²) in [5.74, 6) is 5.12. The van der Waals surface area contributed by atoms with E-state index >= 15 is 0 Å². The van der Waals surface area contributed by atoms with E-state index in [1.54, 1.807) is 27.9 Å². The molecule has 3 aliphatic heterocycles. The maximum atomic E-state index is 13.9. The monoisotopic (exact) mass is 583 g/mol. The van der Waals surface area contributed by atoms with E-state index in [2.05, 4.69) is 22.8 Å². The number of rotatable bonds is 10. The van der Waals surface area contributed by atoms with Gasteiger partial charge in [0.1, 0.15) is 5.76 Å². The maximum absolute atomic E-state index is 13.9. The van der Waals surface area contributed by atoms with E-state index in [1.807, 2.05) is 12.1 Å². The summed E-state index contributed by atoms with van der Waals surface area (Å²) >= 11 is 0. The Bertz CT molecular complexity index is 1310. The van der Waals surface area contributed by atoms with Gasteiger partial charge in [-0.25, -0.2) is 4.79 Å². The van der Waals surface area contributed by atoms with Crippen molar-refractivity contribution in [3.8, 4) is 23.3 Å². The van der Waals surface area contributed by atoms with Crippen molar-refractivity contribution < 1.29 is 43.5 Å². The van der Waals surface area contributed by atoms with Crippen LogP contribution < -0.4 is 9.47 Å². The highest BCUT2D eigenvalue weighted by Gasteiger charge is 2.59. The van der Waals surface area contributed by atoms with Gasteiger partial charge in [-0.1, -0.05) is 5.92 Å². The van der Waals surface area contributed by atoms with E-state index in [1.165, 1.54) is 0 Å². The molecule has 1 aromatic rings. The molecule has 0 saturated carbocycles. The molecule has 1 aromatic carbocycles. The van der Waals surface area contributed by atoms with Gasteiger partial charge < -0.3 is 33.9 Å². The minimum Gasteiger partial charge on any atom is -0.497 e. The standard InChI is InChI=1S/C32H41NO9/c1-5-6-15-39-26(34)19-32(37,12-7-10-30(2,3)36)29(35)42-28-25(38-4)18-31-11-8-13-33(31)14-9-21-16-23-24(41-20-40-23)17-22(21)27(28)31/h16-18,27-28,36-37H,7-15,19-20H2,1-4H3/t27-,28?,31+,32-/m1/s1. The van der Waals surface area contributed by atoms with Gasteiger partial charge in [-0.2, -0.15) is 0 Å². The second-order valence-corrected chi connectivity index (χ2v) is 12.3. The van der Waals surface area contributed by atoms with Crippen LogP contribution in [-0.2, 0) is 30.2 Å². The summed E-state index contributed by atoms with van der Waals surface area (Å²) in [5, 5.41) is 21.9. The Labute approximate surface area is 246 Å². The molecule has 0 bridgehead atoms. The second kappa shape index (κ2) is 11.8. The highest BCUT2D eigenvalue weighted by molar-refractivity contribution is 5.86. The van der Waals surface area contributed by atoms with Crippen molar-refractivity contribution >= 4 is 11.9 Å². The van der Waals surface area contributed by atoms with Crippen molar-refractivity contribution in [3.05, 3.63) is 35.1 Å². The van der Waals surface area contributed by atoms with Gasteiger partial charge in [0.2, 0.25) is 6.79 Å². The van der Waals surface area contributed by atoms with Gasteiger partial charge in [-0.3, -0.25) is 9.69 Å². The van der Waals surface area contributed by atoms with Gasteiger partial charge in [0.15, 0.2) is 29.8 Å². The average Bonchev–Trinajstić information content (AvgIpc) is 3.61. The summed E-state index contributed by atoms with van der Waals surface area (Å²) in [4.78, 5) is 29.0. The number of carbonyl (C=O) groups is 2. The fourth-order valence-electron chi connectivity index (χ4n) is 6.87. The molecule has 0 amide bonds. The highest BCUT2D eigenvalue weighted by atomic mass is 16.7. The summed E-state index contributed by atoms with van der Waals surface area (Å²) < 4.78 is 28.6. The molecule has 10 heteroatoms. The number of carbonyl (C=O) groups excluding carboxylic acids is 2. The van der Waals surface area contributed by atoms with Crippen LogP contribution in [-0.4, -0.2) is 83.5 Å². The molecule has 1 aliphatic carbocycles. The molecule has 3 heterocycles. The minimum absolute atomic E-state index is 0.0969. The first kappa shape index (κ1) is 30.2. The van der Waals surface area contributed by atoms with Crippen molar-refractivity contribution in [1.29, 1.82) is 0 Å². The first-order valence-corrected chi connectivity index (χ1v) is 14.6. The predicted octanol–water partition coefficient (Wildman–Crippen LogP) is 2.97. The third kappa shape index (κ3) is 5.83. The fourth-order valence-corrected chi connectivity index (χ4v) is 6.87. The van der Waals surface area contributed by atoms with Crippen molar-refractivity contribution in [2.24, 2.45) is 0 Å². The number of hydrogen-bond donors (Lipinski definition) is 2. The molecule has 228 valence electrons. The lowest BCUT2D eigenvalue weighted by Crippen LogP contribution is -2.49. The van der Waals surface area contributed by atoms with E-state index in [9.17, 15) is 19.8 Å². The van der Waals surface area contributed by atoms with E-state index in [-0.39, 0.29) is 32.2 Å². The van der Waals surface area contributed by atoms with Crippen LogP contribution in [0.4, 0.5) is 0 Å². The SMILES string of the molecule is CC#CCOC(=O)C[C@](O)(CCCC(C)(C)O)C(=O)OC1C(OC)=C[C@]23CCCN2CCc2cc4c(cc2[C@H]13)OCO4. The lowest BCUT2D eigenvalue weighted by atomic mass is 9.77. The molecule has 4 atom stereocenters. The third-order valence-corrected chi connectivity index (χ3v) is 8.88. The largest absolute Gasteiger partial charge is 0.497 e. The summed E-state index contributed by atoms with van der Waals surface area (Å²) in [5.41, 5.74) is -1.53. The van der Waals surface area contributed by atoms with Crippen LogP contribution in [0.3, 0.4) is 0 Å². The van der Waals surface area contributed by atoms with Gasteiger partial charge in [-0.15, -0.1) is 5.92 Å². The van der Waals surface area contributed by atoms with Crippen LogP contribution >= 0.6 is 0 Å². The van der Waals surface area contributed by atoms with E-state index < -0.39 is 41.2 Å². The molecule has 1 saturated heterocycles. The summed E-state index contributed by atoms with van der Waals surface area (Å²) in [6.45, 7) is 6.66. The number of methoxy groups -OCH3 is 1. The predicted molar refractivity (Wildman–Crippen MR) is 152 cm³/mol. The molecule has 10 nitrogen and oxygen atoms in total. The van der Waals surface area contributed by atoms with Crippen LogP contribution in [0.5, 0.6) is 11.5 Å². The van der Waals surface area contributed by atoms with Crippen LogP contribution in [0.25, 0.3) is 0 Å². The number of ether oxygens (including phenoxy) is 5. The Balaban J connectivity index is 1.47. The van der Waals surface area contributed by atoms with Gasteiger partial charge in [0.05, 0.1) is 30.6 Å². The fraction of sp³-hybridized carbons (Fsp3) is 0.625. The Morgan fingerprint density at radius 3 is 2.64 bits per heavy atom. The van der Waals surface area contributed by atoms with Gasteiger partial charge in [-0.05, 0) is 95.2 Å². The zero-order chi connectivity index (χ0) is 30.1. The number of aliphatic hydroxyl groups is 2. The molecular formula is C32H41NO9. The Morgan fingerprint density at radius 2 is 1.93 bits per heavy atom. The van der Waals surface area contributed by atoms with Gasteiger partial charge in [0, 0.05) is 6.54 Å². The Kier molecular flexibility index (Phi) is 8.48. The second-order valence-electron chi connectivity index (χ2n) is 12.3. The van der Waals surface area contributed by atoms with Crippen LogP contribution in [0.15, 0.2) is 24.0 Å². The number of benzene rings is 1. The zero-order valence-electron chi connectivity index (χ0n) is 24.9. The van der Waals surface area contributed by atoms with Crippen molar-refractivity contribution in [1.82, 2.24) is 4.90 Å². The van der Waals surface area contributed by atoms with Crippen molar-refractivity contribution in [2.45, 2.75) is 94.5 Å². The minimum atomic E-state index is -2.17. The molecule has 0 radical (unpaired) electrons. The average molecular weight is 584 g/mol. The number of esters is 2. The van der Waals surface area contributed by atoms with Crippen LogP contribution in [0, 0.1) is 11.8 Å². The van der Waals surface area contributed by atoms with Crippen molar-refractivity contribution in [3.63, 3.8) is 0 Å². The lowest BCUT2D eigenvalue weighted by Gasteiger charge is -2.39. The summed E-state index contributed by atoms with van der Waals surface area (Å²) in [6.07, 6.45) is 3.77. The quantitative estimate of drug-likeness (QED) is 0.314. The molecule has 1 fully saturated rings. The smallest absolute Gasteiger partial charge is 0.339 e. The van der Waals surface area contributed by atoms with Crippen LogP contribution in [0.2, 0.25) is 0 Å². The maximum Gasteiger partial charge on any atom is 0.339 e. The topological polar surface area (TPSA) is 124 Å².